The first-order chi connectivity index (χ1) is 10.1. The molecule has 0 unspecified atom stereocenters. The fraction of sp³-hybridized carbons (Fsp3) is 0.176. The van der Waals surface area contributed by atoms with Crippen molar-refractivity contribution >= 4 is 17.4 Å². The smallest absolute Gasteiger partial charge is 0.221 e. The molecule has 0 radical (unpaired) electrons. The zero-order chi connectivity index (χ0) is 14.8. The summed E-state index contributed by atoms with van der Waals surface area (Å²) >= 11 is 0. The summed E-state index contributed by atoms with van der Waals surface area (Å²) < 4.78 is 5.50. The van der Waals surface area contributed by atoms with Gasteiger partial charge in [0, 0.05) is 18.2 Å². The fourth-order valence-corrected chi connectivity index (χ4v) is 2.29. The average molecular weight is 281 g/mol. The highest BCUT2D eigenvalue weighted by molar-refractivity contribution is 6.01. The highest BCUT2D eigenvalue weighted by atomic mass is 16.6. The van der Waals surface area contributed by atoms with Gasteiger partial charge in [0.25, 0.3) is 0 Å². The van der Waals surface area contributed by atoms with E-state index in [2.05, 4.69) is 5.32 Å². The van der Waals surface area contributed by atoms with Crippen molar-refractivity contribution in [3.8, 4) is 0 Å². The summed E-state index contributed by atoms with van der Waals surface area (Å²) in [5, 5.41) is 2.70. The quantitative estimate of drug-likeness (QED) is 0.692. The normalized spacial score (nSPS) is 19.9. The average Bonchev–Trinajstić information content (AvgIpc) is 3.28. The summed E-state index contributed by atoms with van der Waals surface area (Å²) in [6.07, 6.45) is -0.594. The summed E-state index contributed by atoms with van der Waals surface area (Å²) in [5.41, 5.74) is 2.34. The van der Waals surface area contributed by atoms with Crippen LogP contribution in [0.15, 0.2) is 54.6 Å². The van der Waals surface area contributed by atoms with E-state index in [1.807, 2.05) is 42.5 Å². The van der Waals surface area contributed by atoms with E-state index >= 15 is 0 Å². The number of benzene rings is 2. The van der Waals surface area contributed by atoms with Gasteiger partial charge in [-0.05, 0) is 17.7 Å². The van der Waals surface area contributed by atoms with E-state index in [0.717, 1.165) is 11.3 Å². The number of Topliss-reactive ketones (excluding diaryl/α,β-unsaturated/α-hetero) is 1. The maximum Gasteiger partial charge on any atom is 0.221 e. The van der Waals surface area contributed by atoms with E-state index in [-0.39, 0.29) is 17.8 Å². The van der Waals surface area contributed by atoms with Crippen LogP contribution in [0.4, 0.5) is 5.69 Å². The van der Waals surface area contributed by atoms with Crippen molar-refractivity contribution in [1.29, 1.82) is 0 Å². The standard InChI is InChI=1S/C17H15NO3/c1-11(19)18-14-9-7-13(8-10-14)16-17(21-16)15(20)12-5-3-2-4-6-12/h2-10,16-17H,1H3,(H,18,19)/t16-,17+/m0/s1. The molecule has 4 nitrogen and oxygen atoms in total. The second kappa shape index (κ2) is 5.50. The summed E-state index contributed by atoms with van der Waals surface area (Å²) in [6.45, 7) is 1.46. The molecule has 1 aliphatic heterocycles. The largest absolute Gasteiger partial charge is 0.356 e. The predicted octanol–water partition coefficient (Wildman–Crippen LogP) is 2.97. The van der Waals surface area contributed by atoms with Gasteiger partial charge >= 0.3 is 0 Å². The maximum atomic E-state index is 12.2. The number of anilines is 1. The van der Waals surface area contributed by atoms with Crippen LogP contribution in [0.5, 0.6) is 0 Å². The lowest BCUT2D eigenvalue weighted by Crippen LogP contribution is -2.08. The SMILES string of the molecule is CC(=O)Nc1ccc([C@@H]2O[C@@H]2C(=O)c2ccccc2)cc1. The Balaban J connectivity index is 1.67. The molecule has 2 aromatic rings. The number of hydrogen-bond acceptors (Lipinski definition) is 3. The van der Waals surface area contributed by atoms with Crippen LogP contribution in [0, 0.1) is 0 Å². The molecule has 2 aromatic carbocycles. The molecule has 1 saturated heterocycles. The third-order valence-electron chi connectivity index (χ3n) is 3.37. The second-order valence-corrected chi connectivity index (χ2v) is 5.01. The van der Waals surface area contributed by atoms with Gasteiger partial charge in [0.1, 0.15) is 6.10 Å². The first kappa shape index (κ1) is 13.5. The molecule has 106 valence electrons. The molecule has 1 aliphatic rings. The minimum atomic E-state index is -0.404. The predicted molar refractivity (Wildman–Crippen MR) is 79.1 cm³/mol. The Morgan fingerprint density at radius 3 is 2.29 bits per heavy atom. The Kier molecular flexibility index (Phi) is 3.54. The van der Waals surface area contributed by atoms with Crippen LogP contribution in [0.25, 0.3) is 0 Å². The number of nitrogens with one attached hydrogen (secondary N) is 1. The Labute approximate surface area is 122 Å². The van der Waals surface area contributed by atoms with E-state index in [1.165, 1.54) is 6.92 Å². The van der Waals surface area contributed by atoms with Crippen LogP contribution in [-0.4, -0.2) is 17.8 Å². The summed E-state index contributed by atoms with van der Waals surface area (Å²) in [7, 11) is 0. The minimum absolute atomic E-state index is 0.00605. The number of carbonyl (C=O) groups is 2. The lowest BCUT2D eigenvalue weighted by Gasteiger charge is -2.02. The third kappa shape index (κ3) is 3.01. The second-order valence-electron chi connectivity index (χ2n) is 5.01. The van der Waals surface area contributed by atoms with E-state index in [1.54, 1.807) is 12.1 Å². The van der Waals surface area contributed by atoms with Crippen LogP contribution < -0.4 is 5.32 Å². The molecule has 1 heterocycles. The fourth-order valence-electron chi connectivity index (χ4n) is 2.29. The molecule has 4 heteroatoms. The van der Waals surface area contributed by atoms with Crippen molar-refractivity contribution in [2.75, 3.05) is 5.32 Å². The van der Waals surface area contributed by atoms with Gasteiger partial charge in [-0.25, -0.2) is 0 Å². The van der Waals surface area contributed by atoms with Gasteiger partial charge in [-0.3, -0.25) is 9.59 Å². The number of carbonyl (C=O) groups excluding carboxylic acids is 2. The third-order valence-corrected chi connectivity index (χ3v) is 3.37. The highest BCUT2D eigenvalue weighted by Gasteiger charge is 2.46. The summed E-state index contributed by atoms with van der Waals surface area (Å²) in [6, 6.07) is 16.5. The number of epoxide rings is 1. The minimum Gasteiger partial charge on any atom is -0.356 e. The van der Waals surface area contributed by atoms with E-state index in [9.17, 15) is 9.59 Å². The molecule has 0 aromatic heterocycles. The van der Waals surface area contributed by atoms with Crippen molar-refractivity contribution < 1.29 is 14.3 Å². The number of rotatable bonds is 4. The number of ether oxygens (including phenoxy) is 1. The first-order valence-electron chi connectivity index (χ1n) is 6.77. The molecule has 3 rings (SSSR count). The molecule has 2 atom stereocenters. The van der Waals surface area contributed by atoms with E-state index in [0.29, 0.717) is 5.56 Å². The van der Waals surface area contributed by atoms with E-state index in [4.69, 9.17) is 4.74 Å². The summed E-state index contributed by atoms with van der Waals surface area (Å²) in [4.78, 5) is 23.2. The number of hydrogen-bond donors (Lipinski definition) is 1. The van der Waals surface area contributed by atoms with Gasteiger partial charge < -0.3 is 10.1 Å². The van der Waals surface area contributed by atoms with Crippen molar-refractivity contribution in [3.63, 3.8) is 0 Å². The van der Waals surface area contributed by atoms with Crippen molar-refractivity contribution in [2.24, 2.45) is 0 Å². The molecule has 0 spiro atoms. The lowest BCUT2D eigenvalue weighted by atomic mass is 10.0. The van der Waals surface area contributed by atoms with Crippen molar-refractivity contribution in [2.45, 2.75) is 19.1 Å². The Hall–Kier alpha value is -2.46. The van der Waals surface area contributed by atoms with Gasteiger partial charge in [0.2, 0.25) is 5.91 Å². The monoisotopic (exact) mass is 281 g/mol. The Morgan fingerprint density at radius 2 is 1.67 bits per heavy atom. The molecule has 1 N–H and O–H groups in total. The molecule has 0 aliphatic carbocycles. The maximum absolute atomic E-state index is 12.2. The van der Waals surface area contributed by atoms with Crippen LogP contribution in [0.3, 0.4) is 0 Å². The van der Waals surface area contributed by atoms with Crippen molar-refractivity contribution in [1.82, 2.24) is 0 Å². The van der Waals surface area contributed by atoms with Gasteiger partial charge in [-0.15, -0.1) is 0 Å². The Morgan fingerprint density at radius 1 is 1.00 bits per heavy atom. The highest BCUT2D eigenvalue weighted by Crippen LogP contribution is 2.40. The topological polar surface area (TPSA) is 58.7 Å². The zero-order valence-corrected chi connectivity index (χ0v) is 11.6. The number of amides is 1. The molecule has 0 bridgehead atoms. The van der Waals surface area contributed by atoms with Gasteiger partial charge in [-0.1, -0.05) is 42.5 Å². The van der Waals surface area contributed by atoms with Gasteiger partial charge in [0.05, 0.1) is 0 Å². The van der Waals surface area contributed by atoms with E-state index < -0.39 is 6.10 Å². The van der Waals surface area contributed by atoms with Crippen LogP contribution >= 0.6 is 0 Å². The first-order valence-corrected chi connectivity index (χ1v) is 6.77. The van der Waals surface area contributed by atoms with Crippen LogP contribution in [-0.2, 0) is 9.53 Å². The molecule has 1 fully saturated rings. The molecular formula is C17H15NO3. The zero-order valence-electron chi connectivity index (χ0n) is 11.6. The van der Waals surface area contributed by atoms with Crippen LogP contribution in [0.1, 0.15) is 28.9 Å². The molecule has 21 heavy (non-hydrogen) atoms. The van der Waals surface area contributed by atoms with Crippen LogP contribution in [0.2, 0.25) is 0 Å². The molecular weight excluding hydrogens is 266 g/mol. The van der Waals surface area contributed by atoms with Gasteiger partial charge in [0.15, 0.2) is 11.9 Å². The van der Waals surface area contributed by atoms with Crippen molar-refractivity contribution in [3.05, 3.63) is 65.7 Å². The molecule has 0 saturated carbocycles. The molecule has 1 amide bonds. The lowest BCUT2D eigenvalue weighted by molar-refractivity contribution is -0.114. The van der Waals surface area contributed by atoms with Gasteiger partial charge in [-0.2, -0.15) is 0 Å². The summed E-state index contributed by atoms with van der Waals surface area (Å²) in [5.74, 6) is -0.103. The number of ketones is 1. The Bertz CT molecular complexity index is 664.